The summed E-state index contributed by atoms with van der Waals surface area (Å²) >= 11 is 0. The van der Waals surface area contributed by atoms with E-state index in [-0.39, 0.29) is 5.91 Å². The van der Waals surface area contributed by atoms with Gasteiger partial charge in [-0.3, -0.25) is 4.79 Å². The van der Waals surface area contributed by atoms with Crippen molar-refractivity contribution < 1.29 is 9.53 Å². The predicted octanol–water partition coefficient (Wildman–Crippen LogP) is 0.326. The maximum atomic E-state index is 11.8. The molecule has 5 nitrogen and oxygen atoms in total. The number of rotatable bonds is 1. The first-order chi connectivity index (χ1) is 7.63. The number of likely N-dealkylation sites (N-methyl/N-ethyl adjacent to an activating group) is 1. The molecule has 2 rings (SSSR count). The number of anilines is 1. The molecule has 0 fully saturated rings. The number of nitrogens with zero attached hydrogens (tertiary/aromatic N) is 2. The number of amides is 1. The van der Waals surface area contributed by atoms with Crippen LogP contribution in [0.15, 0.2) is 12.3 Å². The first-order valence-corrected chi connectivity index (χ1v) is 5.19. The molecule has 1 aliphatic rings. The van der Waals surface area contributed by atoms with Gasteiger partial charge in [0.1, 0.15) is 0 Å². The average Bonchev–Trinajstić information content (AvgIpc) is 2.42. The molecule has 16 heavy (non-hydrogen) atoms. The number of methoxy groups -OCH3 is 1. The molecule has 0 saturated carbocycles. The number of hydrogen-bond donors (Lipinski definition) is 1. The molecule has 2 N–H and O–H groups in total. The fourth-order valence-electron chi connectivity index (χ4n) is 1.88. The van der Waals surface area contributed by atoms with Crippen molar-refractivity contribution in [2.24, 2.45) is 5.73 Å². The zero-order valence-corrected chi connectivity index (χ0v) is 9.43. The SMILES string of the molecule is COc1cc2c(cn1)N(C)C(=O)C(N)CC2. The fraction of sp³-hybridized carbons (Fsp3) is 0.455. The third-order valence-electron chi connectivity index (χ3n) is 2.88. The van der Waals surface area contributed by atoms with Crippen LogP contribution in [0, 0.1) is 0 Å². The molecular weight excluding hydrogens is 206 g/mol. The van der Waals surface area contributed by atoms with Gasteiger partial charge in [0.05, 0.1) is 25.0 Å². The summed E-state index contributed by atoms with van der Waals surface area (Å²) in [5, 5.41) is 0. The van der Waals surface area contributed by atoms with E-state index in [9.17, 15) is 4.79 Å². The second-order valence-electron chi connectivity index (χ2n) is 3.90. The number of fused-ring (bicyclic) bond motifs is 1. The third-order valence-corrected chi connectivity index (χ3v) is 2.88. The second kappa shape index (κ2) is 4.09. The van der Waals surface area contributed by atoms with Gasteiger partial charge < -0.3 is 15.4 Å². The van der Waals surface area contributed by atoms with Crippen molar-refractivity contribution in [2.45, 2.75) is 18.9 Å². The van der Waals surface area contributed by atoms with E-state index in [4.69, 9.17) is 10.5 Å². The summed E-state index contributed by atoms with van der Waals surface area (Å²) in [5.74, 6) is 0.501. The molecule has 1 aromatic heterocycles. The topological polar surface area (TPSA) is 68.5 Å². The van der Waals surface area contributed by atoms with Crippen molar-refractivity contribution in [2.75, 3.05) is 19.1 Å². The molecule has 5 heteroatoms. The second-order valence-corrected chi connectivity index (χ2v) is 3.90. The Balaban J connectivity index is 2.43. The van der Waals surface area contributed by atoms with Crippen molar-refractivity contribution >= 4 is 11.6 Å². The molecule has 1 aromatic rings. The molecule has 0 aromatic carbocycles. The summed E-state index contributed by atoms with van der Waals surface area (Å²) in [6.07, 6.45) is 3.08. The summed E-state index contributed by atoms with van der Waals surface area (Å²) in [7, 11) is 3.30. The van der Waals surface area contributed by atoms with Gasteiger partial charge in [0, 0.05) is 13.1 Å². The molecule has 1 amide bonds. The number of hydrogen-bond acceptors (Lipinski definition) is 4. The number of nitrogens with two attached hydrogens (primary N) is 1. The Kier molecular flexibility index (Phi) is 2.78. The van der Waals surface area contributed by atoms with Crippen LogP contribution < -0.4 is 15.4 Å². The molecule has 0 aliphatic carbocycles. The smallest absolute Gasteiger partial charge is 0.243 e. The van der Waals surface area contributed by atoms with E-state index in [1.54, 1.807) is 25.3 Å². The lowest BCUT2D eigenvalue weighted by Crippen LogP contribution is -2.40. The van der Waals surface area contributed by atoms with E-state index in [1.165, 1.54) is 0 Å². The zero-order valence-electron chi connectivity index (χ0n) is 9.43. The van der Waals surface area contributed by atoms with Gasteiger partial charge in [-0.15, -0.1) is 0 Å². The highest BCUT2D eigenvalue weighted by Gasteiger charge is 2.25. The van der Waals surface area contributed by atoms with Gasteiger partial charge in [0.2, 0.25) is 11.8 Å². The van der Waals surface area contributed by atoms with Crippen molar-refractivity contribution in [1.29, 1.82) is 0 Å². The van der Waals surface area contributed by atoms with Crippen LogP contribution in [0.25, 0.3) is 0 Å². The Hall–Kier alpha value is -1.62. The molecule has 0 saturated heterocycles. The van der Waals surface area contributed by atoms with Gasteiger partial charge in [0.25, 0.3) is 0 Å². The van der Waals surface area contributed by atoms with Crippen LogP contribution in [0.2, 0.25) is 0 Å². The normalized spacial score (nSPS) is 20.3. The highest BCUT2D eigenvalue weighted by molar-refractivity contribution is 5.97. The maximum Gasteiger partial charge on any atom is 0.243 e. The summed E-state index contributed by atoms with van der Waals surface area (Å²) in [5.41, 5.74) is 7.65. The fourth-order valence-corrected chi connectivity index (χ4v) is 1.88. The van der Waals surface area contributed by atoms with Gasteiger partial charge in [-0.25, -0.2) is 4.98 Å². The van der Waals surface area contributed by atoms with Crippen LogP contribution >= 0.6 is 0 Å². The summed E-state index contributed by atoms with van der Waals surface area (Å²) in [6, 6.07) is 1.43. The third kappa shape index (κ3) is 1.74. The van der Waals surface area contributed by atoms with Crippen LogP contribution in [-0.2, 0) is 11.2 Å². The Morgan fingerprint density at radius 1 is 1.62 bits per heavy atom. The summed E-state index contributed by atoms with van der Waals surface area (Å²) in [6.45, 7) is 0. The van der Waals surface area contributed by atoms with Crippen LogP contribution in [-0.4, -0.2) is 31.1 Å². The van der Waals surface area contributed by atoms with Crippen LogP contribution in [0.4, 0.5) is 5.69 Å². The molecule has 86 valence electrons. The van der Waals surface area contributed by atoms with E-state index in [0.717, 1.165) is 17.7 Å². The van der Waals surface area contributed by atoms with Gasteiger partial charge >= 0.3 is 0 Å². The van der Waals surface area contributed by atoms with Gasteiger partial charge in [-0.1, -0.05) is 0 Å². The summed E-state index contributed by atoms with van der Waals surface area (Å²) < 4.78 is 5.06. The summed E-state index contributed by atoms with van der Waals surface area (Å²) in [4.78, 5) is 17.5. The molecule has 0 radical (unpaired) electrons. The van der Waals surface area contributed by atoms with Crippen molar-refractivity contribution in [3.63, 3.8) is 0 Å². The maximum absolute atomic E-state index is 11.8. The lowest BCUT2D eigenvalue weighted by Gasteiger charge is -2.19. The minimum atomic E-state index is -0.427. The first kappa shape index (κ1) is 10.9. The van der Waals surface area contributed by atoms with Crippen molar-refractivity contribution in [3.8, 4) is 5.88 Å². The predicted molar refractivity (Wildman–Crippen MR) is 60.5 cm³/mol. The van der Waals surface area contributed by atoms with E-state index >= 15 is 0 Å². The molecular formula is C11H15N3O2. The lowest BCUT2D eigenvalue weighted by molar-refractivity contribution is -0.119. The molecule has 1 atom stereocenters. The zero-order chi connectivity index (χ0) is 11.7. The van der Waals surface area contributed by atoms with Crippen molar-refractivity contribution in [3.05, 3.63) is 17.8 Å². The number of ether oxygens (including phenoxy) is 1. The quantitative estimate of drug-likeness (QED) is 0.742. The monoisotopic (exact) mass is 221 g/mol. The van der Waals surface area contributed by atoms with Crippen molar-refractivity contribution in [1.82, 2.24) is 4.98 Å². The van der Waals surface area contributed by atoms with Gasteiger partial charge in [-0.2, -0.15) is 0 Å². The van der Waals surface area contributed by atoms with Crippen LogP contribution in [0.5, 0.6) is 5.88 Å². The van der Waals surface area contributed by atoms with E-state index < -0.39 is 6.04 Å². The van der Waals surface area contributed by atoms with Gasteiger partial charge in [0.15, 0.2) is 0 Å². The molecule has 2 heterocycles. The number of carbonyl (C=O) groups excluding carboxylic acids is 1. The highest BCUT2D eigenvalue weighted by Crippen LogP contribution is 2.27. The number of pyridine rings is 1. The van der Waals surface area contributed by atoms with Crippen LogP contribution in [0.3, 0.4) is 0 Å². The molecule has 0 spiro atoms. The lowest BCUT2D eigenvalue weighted by atomic mass is 10.1. The number of aryl methyl sites for hydroxylation is 1. The Morgan fingerprint density at radius 2 is 2.38 bits per heavy atom. The van der Waals surface area contributed by atoms with Crippen LogP contribution in [0.1, 0.15) is 12.0 Å². The largest absolute Gasteiger partial charge is 0.481 e. The number of aromatic nitrogens is 1. The van der Waals surface area contributed by atoms with E-state index in [2.05, 4.69) is 4.98 Å². The minimum absolute atomic E-state index is 0.0642. The highest BCUT2D eigenvalue weighted by atomic mass is 16.5. The minimum Gasteiger partial charge on any atom is -0.481 e. The Labute approximate surface area is 94.2 Å². The molecule has 1 aliphatic heterocycles. The van der Waals surface area contributed by atoms with Gasteiger partial charge in [-0.05, 0) is 18.4 Å². The molecule has 1 unspecified atom stereocenters. The molecule has 0 bridgehead atoms. The Bertz CT molecular complexity index is 420. The van der Waals surface area contributed by atoms with E-state index in [0.29, 0.717) is 12.3 Å². The standard InChI is InChI=1S/C11H15N3O2/c1-14-9-6-13-10(16-2)5-7(9)3-4-8(12)11(14)15/h5-6,8H,3-4,12H2,1-2H3. The number of carbonyl (C=O) groups is 1. The first-order valence-electron chi connectivity index (χ1n) is 5.19. The Morgan fingerprint density at radius 3 is 3.06 bits per heavy atom. The average molecular weight is 221 g/mol. The van der Waals surface area contributed by atoms with E-state index in [1.807, 2.05) is 6.07 Å².